The molecule has 6 heteroatoms. The van der Waals surface area contributed by atoms with E-state index in [9.17, 15) is 4.79 Å². The van der Waals surface area contributed by atoms with Gasteiger partial charge in [-0.1, -0.05) is 23.7 Å². The maximum absolute atomic E-state index is 12.2. The zero-order valence-corrected chi connectivity index (χ0v) is 13.0. The number of rotatable bonds is 4. The largest absolute Gasteiger partial charge is 0.485 e. The van der Waals surface area contributed by atoms with Crippen LogP contribution in [-0.2, 0) is 6.61 Å². The van der Waals surface area contributed by atoms with E-state index in [2.05, 4.69) is 4.98 Å². The van der Waals surface area contributed by atoms with Crippen molar-refractivity contribution in [2.45, 2.75) is 19.4 Å². The van der Waals surface area contributed by atoms with E-state index in [1.807, 2.05) is 23.1 Å². The lowest BCUT2D eigenvalue weighted by molar-refractivity contribution is 0.0787. The van der Waals surface area contributed by atoms with Crippen LogP contribution in [0, 0.1) is 0 Å². The third kappa shape index (κ3) is 3.36. The van der Waals surface area contributed by atoms with E-state index in [4.69, 9.17) is 16.3 Å². The van der Waals surface area contributed by atoms with Crippen LogP contribution in [0.1, 0.15) is 28.3 Å². The number of para-hydroxylation sites is 1. The van der Waals surface area contributed by atoms with Crippen LogP contribution >= 0.6 is 22.9 Å². The van der Waals surface area contributed by atoms with Gasteiger partial charge in [0.25, 0.3) is 5.91 Å². The molecule has 1 aliphatic rings. The highest BCUT2D eigenvalue weighted by atomic mass is 35.5. The summed E-state index contributed by atoms with van der Waals surface area (Å²) < 4.78 is 5.63. The van der Waals surface area contributed by atoms with Crippen LogP contribution in [0.5, 0.6) is 5.75 Å². The van der Waals surface area contributed by atoms with Gasteiger partial charge in [0.05, 0.1) is 5.02 Å². The highest BCUT2D eigenvalue weighted by Gasteiger charge is 2.21. The number of carbonyl (C=O) groups is 1. The lowest BCUT2D eigenvalue weighted by Crippen LogP contribution is -2.27. The van der Waals surface area contributed by atoms with E-state index < -0.39 is 0 Å². The van der Waals surface area contributed by atoms with E-state index in [1.165, 1.54) is 11.3 Å². The van der Waals surface area contributed by atoms with Gasteiger partial charge in [-0.25, -0.2) is 4.98 Å². The molecule has 0 radical (unpaired) electrons. The second-order valence-corrected chi connectivity index (χ2v) is 6.19. The van der Waals surface area contributed by atoms with E-state index in [-0.39, 0.29) is 5.91 Å². The number of aromatic nitrogens is 1. The fraction of sp³-hybridized carbons (Fsp3) is 0.333. The second-order valence-electron chi connectivity index (χ2n) is 4.84. The third-order valence-corrected chi connectivity index (χ3v) is 4.49. The predicted octanol–water partition coefficient (Wildman–Crippen LogP) is 3.61. The molecule has 2 aromatic rings. The standard InChI is InChI=1S/C15H15ClN2O2S/c16-11-5-1-2-6-13(11)20-9-14-17-12(10-21-14)15(19)18-7-3-4-8-18/h1-2,5-6,10H,3-4,7-9H2. The number of hydrogen-bond donors (Lipinski definition) is 0. The highest BCUT2D eigenvalue weighted by molar-refractivity contribution is 7.09. The molecular weight excluding hydrogens is 308 g/mol. The first-order valence-corrected chi connectivity index (χ1v) is 8.11. The molecule has 0 unspecified atom stereocenters. The Morgan fingerprint density at radius 2 is 2.10 bits per heavy atom. The van der Waals surface area contributed by atoms with Gasteiger partial charge in [-0.15, -0.1) is 11.3 Å². The number of carbonyl (C=O) groups excluding carboxylic acids is 1. The van der Waals surface area contributed by atoms with Gasteiger partial charge in [0, 0.05) is 18.5 Å². The van der Waals surface area contributed by atoms with Gasteiger partial charge in [0.15, 0.2) is 0 Å². The van der Waals surface area contributed by atoms with Crippen molar-refractivity contribution in [1.82, 2.24) is 9.88 Å². The van der Waals surface area contributed by atoms with Gasteiger partial charge in [-0.2, -0.15) is 0 Å². The number of amides is 1. The lowest BCUT2D eigenvalue weighted by Gasteiger charge is -2.12. The zero-order valence-electron chi connectivity index (χ0n) is 11.4. The summed E-state index contributed by atoms with van der Waals surface area (Å²) in [5.41, 5.74) is 0.514. The van der Waals surface area contributed by atoms with Crippen molar-refractivity contribution < 1.29 is 9.53 Å². The van der Waals surface area contributed by atoms with Crippen molar-refractivity contribution >= 4 is 28.8 Å². The Hall–Kier alpha value is -1.59. The summed E-state index contributed by atoms with van der Waals surface area (Å²) in [5.74, 6) is 0.648. The van der Waals surface area contributed by atoms with Crippen molar-refractivity contribution in [3.05, 3.63) is 45.4 Å². The molecule has 0 atom stereocenters. The maximum atomic E-state index is 12.2. The van der Waals surface area contributed by atoms with Crippen LogP contribution in [0.2, 0.25) is 5.02 Å². The molecule has 1 saturated heterocycles. The summed E-state index contributed by atoms with van der Waals surface area (Å²) in [7, 11) is 0. The fourth-order valence-corrected chi connectivity index (χ4v) is 3.13. The van der Waals surface area contributed by atoms with Gasteiger partial charge in [-0.3, -0.25) is 4.79 Å². The van der Waals surface area contributed by atoms with E-state index in [0.29, 0.717) is 23.1 Å². The highest BCUT2D eigenvalue weighted by Crippen LogP contribution is 2.24. The first kappa shape index (κ1) is 14.4. The normalized spacial score (nSPS) is 14.4. The summed E-state index contributed by atoms with van der Waals surface area (Å²) in [6.07, 6.45) is 2.16. The van der Waals surface area contributed by atoms with Crippen molar-refractivity contribution in [1.29, 1.82) is 0 Å². The van der Waals surface area contributed by atoms with Gasteiger partial charge in [-0.05, 0) is 25.0 Å². The van der Waals surface area contributed by atoms with Crippen LogP contribution in [-0.4, -0.2) is 28.9 Å². The van der Waals surface area contributed by atoms with Crippen molar-refractivity contribution in [3.63, 3.8) is 0 Å². The zero-order chi connectivity index (χ0) is 14.7. The summed E-state index contributed by atoms with van der Waals surface area (Å²) in [6.45, 7) is 1.99. The molecule has 1 aromatic carbocycles. The number of nitrogens with zero attached hydrogens (tertiary/aromatic N) is 2. The molecule has 1 aromatic heterocycles. The molecule has 0 saturated carbocycles. The number of likely N-dealkylation sites (tertiary alicyclic amines) is 1. The monoisotopic (exact) mass is 322 g/mol. The maximum Gasteiger partial charge on any atom is 0.273 e. The topological polar surface area (TPSA) is 42.4 Å². The molecule has 21 heavy (non-hydrogen) atoms. The SMILES string of the molecule is O=C(c1csc(COc2ccccc2Cl)n1)N1CCCC1. The summed E-state index contributed by atoms with van der Waals surface area (Å²) in [5, 5.41) is 3.14. The molecule has 1 amide bonds. The Balaban J connectivity index is 1.62. The van der Waals surface area contributed by atoms with Crippen molar-refractivity contribution in [2.24, 2.45) is 0 Å². The molecule has 2 heterocycles. The minimum Gasteiger partial charge on any atom is -0.485 e. The van der Waals surface area contributed by atoms with Gasteiger partial charge >= 0.3 is 0 Å². The minimum absolute atomic E-state index is 0.0211. The van der Waals surface area contributed by atoms with Crippen LogP contribution < -0.4 is 4.74 Å². The Labute approximate surface area is 132 Å². The summed E-state index contributed by atoms with van der Waals surface area (Å²) >= 11 is 7.46. The fourth-order valence-electron chi connectivity index (χ4n) is 2.26. The number of hydrogen-bond acceptors (Lipinski definition) is 4. The average Bonchev–Trinajstić information content (AvgIpc) is 3.17. The minimum atomic E-state index is 0.0211. The first-order valence-electron chi connectivity index (χ1n) is 6.85. The molecule has 1 fully saturated rings. The summed E-state index contributed by atoms with van der Waals surface area (Å²) in [4.78, 5) is 18.4. The molecule has 0 aliphatic carbocycles. The predicted molar refractivity (Wildman–Crippen MR) is 83.0 cm³/mol. The molecule has 1 aliphatic heterocycles. The molecule has 110 valence electrons. The van der Waals surface area contributed by atoms with E-state index >= 15 is 0 Å². The number of thiazole rings is 1. The number of ether oxygens (including phenoxy) is 1. The second kappa shape index (κ2) is 6.45. The molecule has 3 rings (SSSR count). The van der Waals surface area contributed by atoms with Crippen molar-refractivity contribution in [2.75, 3.05) is 13.1 Å². The first-order chi connectivity index (χ1) is 10.2. The molecule has 0 spiro atoms. The molecule has 0 bridgehead atoms. The van der Waals surface area contributed by atoms with Crippen LogP contribution in [0.25, 0.3) is 0 Å². The number of halogens is 1. The molecule has 0 N–H and O–H groups in total. The van der Waals surface area contributed by atoms with Crippen LogP contribution in [0.15, 0.2) is 29.6 Å². The Morgan fingerprint density at radius 1 is 1.33 bits per heavy atom. The van der Waals surface area contributed by atoms with Crippen molar-refractivity contribution in [3.8, 4) is 5.75 Å². The smallest absolute Gasteiger partial charge is 0.273 e. The van der Waals surface area contributed by atoms with Gasteiger partial charge in [0.1, 0.15) is 23.1 Å². The third-order valence-electron chi connectivity index (χ3n) is 3.35. The number of benzene rings is 1. The Morgan fingerprint density at radius 3 is 2.86 bits per heavy atom. The Bertz CT molecular complexity index is 638. The molecule has 4 nitrogen and oxygen atoms in total. The van der Waals surface area contributed by atoms with Gasteiger partial charge in [0.2, 0.25) is 0 Å². The van der Waals surface area contributed by atoms with Gasteiger partial charge < -0.3 is 9.64 Å². The van der Waals surface area contributed by atoms with Crippen LogP contribution in [0.4, 0.5) is 0 Å². The van der Waals surface area contributed by atoms with Crippen LogP contribution in [0.3, 0.4) is 0 Å². The average molecular weight is 323 g/mol. The summed E-state index contributed by atoms with van der Waals surface area (Å²) in [6, 6.07) is 7.31. The van der Waals surface area contributed by atoms with E-state index in [1.54, 1.807) is 11.4 Å². The van der Waals surface area contributed by atoms with E-state index in [0.717, 1.165) is 30.9 Å². The lowest BCUT2D eigenvalue weighted by atomic mass is 10.3. The molecular formula is C15H15ClN2O2S. The Kier molecular flexibility index (Phi) is 4.41. The quantitative estimate of drug-likeness (QED) is 0.863.